The Hall–Kier alpha value is -2.12. The van der Waals surface area contributed by atoms with Crippen molar-refractivity contribution in [3.05, 3.63) is 56.5 Å². The first-order valence-corrected chi connectivity index (χ1v) is 11.3. The highest BCUT2D eigenvalue weighted by Crippen LogP contribution is 2.42. The molecule has 29 heavy (non-hydrogen) atoms. The number of hydrogen-bond donors (Lipinski definition) is 1. The first-order valence-electron chi connectivity index (χ1n) is 9.69. The van der Waals surface area contributed by atoms with Crippen molar-refractivity contribution in [3.8, 4) is 28.8 Å². The molecule has 2 aliphatic rings. The number of benzene rings is 2. The molecule has 3 aromatic rings. The molecule has 0 aliphatic carbocycles. The zero-order chi connectivity index (χ0) is 20.0. The van der Waals surface area contributed by atoms with E-state index in [9.17, 15) is 5.11 Å². The Morgan fingerprint density at radius 3 is 2.52 bits per heavy atom. The van der Waals surface area contributed by atoms with Gasteiger partial charge in [0.2, 0.25) is 5.88 Å². The van der Waals surface area contributed by atoms with Crippen LogP contribution < -0.4 is 9.64 Å². The molecule has 1 fully saturated rings. The van der Waals surface area contributed by atoms with E-state index in [1.54, 1.807) is 12.1 Å². The minimum absolute atomic E-state index is 0.151. The van der Waals surface area contributed by atoms with Crippen molar-refractivity contribution in [3.63, 3.8) is 0 Å². The topological polar surface area (TPSA) is 58.5 Å². The van der Waals surface area contributed by atoms with Crippen LogP contribution in [0.1, 0.15) is 30.4 Å². The van der Waals surface area contributed by atoms with Crippen molar-refractivity contribution in [2.24, 2.45) is 0 Å². The molecule has 5 rings (SSSR count). The van der Waals surface area contributed by atoms with E-state index >= 15 is 0 Å². The molecule has 5 nitrogen and oxygen atoms in total. The largest absolute Gasteiger partial charge is 0.507 e. The van der Waals surface area contributed by atoms with Crippen LogP contribution in [0.3, 0.4) is 0 Å². The minimum Gasteiger partial charge on any atom is -0.507 e. The van der Waals surface area contributed by atoms with Gasteiger partial charge in [-0.05, 0) is 55.7 Å². The highest BCUT2D eigenvalue weighted by Gasteiger charge is 2.28. The summed E-state index contributed by atoms with van der Waals surface area (Å²) in [5, 5.41) is 10.4. The van der Waals surface area contributed by atoms with E-state index < -0.39 is 0 Å². The summed E-state index contributed by atoms with van der Waals surface area (Å²) in [6, 6.07) is 11.3. The third kappa shape index (κ3) is 3.62. The van der Waals surface area contributed by atoms with Crippen LogP contribution in [-0.4, -0.2) is 28.2 Å². The number of rotatable bonds is 2. The van der Waals surface area contributed by atoms with Gasteiger partial charge in [0.1, 0.15) is 17.3 Å². The van der Waals surface area contributed by atoms with Crippen LogP contribution >= 0.6 is 31.9 Å². The van der Waals surface area contributed by atoms with Crippen molar-refractivity contribution in [1.82, 2.24) is 9.97 Å². The van der Waals surface area contributed by atoms with E-state index in [2.05, 4.69) is 42.8 Å². The Bertz CT molecular complexity index is 1100. The van der Waals surface area contributed by atoms with Crippen LogP contribution in [0.15, 0.2) is 45.3 Å². The van der Waals surface area contributed by atoms with Gasteiger partial charge in [-0.2, -0.15) is 4.98 Å². The minimum atomic E-state index is 0.151. The van der Waals surface area contributed by atoms with Gasteiger partial charge in [-0.3, -0.25) is 0 Å². The molecule has 148 valence electrons. The highest BCUT2D eigenvalue weighted by atomic mass is 79.9. The quantitative estimate of drug-likeness (QED) is 0.351. The molecule has 1 N–H and O–H groups in total. The van der Waals surface area contributed by atoms with Crippen molar-refractivity contribution in [1.29, 1.82) is 0 Å². The molecule has 0 radical (unpaired) electrons. The van der Waals surface area contributed by atoms with Crippen LogP contribution in [0.2, 0.25) is 0 Å². The molecule has 0 bridgehead atoms. The Balaban J connectivity index is 1.67. The summed E-state index contributed by atoms with van der Waals surface area (Å²) in [4.78, 5) is 12.0. The number of phenolic OH excluding ortho intramolecular Hbond substituents is 1. The second-order valence-corrected chi connectivity index (χ2v) is 9.23. The highest BCUT2D eigenvalue weighted by molar-refractivity contribution is 9.10. The molecule has 0 unspecified atom stereocenters. The standard InChI is InChI=1S/C22H19Br2N3O2/c23-14-5-7-19-13(10-14)11-17-21(27-8-2-1-3-9-27)25-20(26-22(17)29-19)16-12-15(24)4-6-18(16)28/h4-7,10,12,28H,1-3,8-9,11H2. The van der Waals surface area contributed by atoms with E-state index in [1.807, 2.05) is 18.2 Å². The van der Waals surface area contributed by atoms with Crippen molar-refractivity contribution in [2.75, 3.05) is 18.0 Å². The number of phenols is 1. The SMILES string of the molecule is Oc1ccc(Br)cc1-c1nc2c(c(N3CCCCC3)n1)Cc1cc(Br)ccc1O2. The predicted octanol–water partition coefficient (Wildman–Crippen LogP) is 6.06. The van der Waals surface area contributed by atoms with E-state index in [4.69, 9.17) is 14.7 Å². The Kier molecular flexibility index (Phi) is 4.95. The average Bonchev–Trinajstić information content (AvgIpc) is 2.74. The van der Waals surface area contributed by atoms with E-state index in [0.29, 0.717) is 17.3 Å². The second-order valence-electron chi connectivity index (χ2n) is 7.39. The number of aromatic hydroxyl groups is 1. The molecule has 2 aliphatic heterocycles. The smallest absolute Gasteiger partial charge is 0.228 e. The molecule has 1 aromatic heterocycles. The Labute approximate surface area is 186 Å². The molecule has 3 heterocycles. The molecule has 0 saturated carbocycles. The molecular formula is C22H19Br2N3O2. The Morgan fingerprint density at radius 1 is 0.931 bits per heavy atom. The maximum absolute atomic E-state index is 10.4. The van der Waals surface area contributed by atoms with Crippen molar-refractivity contribution >= 4 is 37.7 Å². The van der Waals surface area contributed by atoms with Gasteiger partial charge in [0.15, 0.2) is 5.82 Å². The van der Waals surface area contributed by atoms with Crippen LogP contribution in [-0.2, 0) is 6.42 Å². The van der Waals surface area contributed by atoms with Gasteiger partial charge in [0.25, 0.3) is 0 Å². The third-order valence-corrected chi connectivity index (χ3v) is 6.39. The Morgan fingerprint density at radius 2 is 1.69 bits per heavy atom. The molecule has 0 atom stereocenters. The number of halogens is 2. The zero-order valence-electron chi connectivity index (χ0n) is 15.7. The lowest BCUT2D eigenvalue weighted by atomic mass is 10.0. The summed E-state index contributed by atoms with van der Waals surface area (Å²) in [6.45, 7) is 1.94. The second kappa shape index (κ2) is 7.61. The van der Waals surface area contributed by atoms with Gasteiger partial charge in [-0.15, -0.1) is 0 Å². The fraction of sp³-hybridized carbons (Fsp3) is 0.273. The number of hydrogen-bond acceptors (Lipinski definition) is 5. The predicted molar refractivity (Wildman–Crippen MR) is 120 cm³/mol. The molecule has 0 amide bonds. The van der Waals surface area contributed by atoms with Gasteiger partial charge < -0.3 is 14.7 Å². The molecular weight excluding hydrogens is 498 g/mol. The number of anilines is 1. The molecule has 7 heteroatoms. The van der Waals surface area contributed by atoms with Gasteiger partial charge >= 0.3 is 0 Å². The average molecular weight is 517 g/mol. The lowest BCUT2D eigenvalue weighted by Gasteiger charge is -2.31. The molecule has 2 aromatic carbocycles. The zero-order valence-corrected chi connectivity index (χ0v) is 18.8. The van der Waals surface area contributed by atoms with E-state index in [-0.39, 0.29) is 5.75 Å². The monoisotopic (exact) mass is 515 g/mol. The van der Waals surface area contributed by atoms with Gasteiger partial charge in [-0.1, -0.05) is 31.9 Å². The third-order valence-electron chi connectivity index (χ3n) is 5.40. The van der Waals surface area contributed by atoms with E-state index in [1.165, 1.54) is 6.42 Å². The van der Waals surface area contributed by atoms with Crippen molar-refractivity contribution < 1.29 is 9.84 Å². The lowest BCUT2D eigenvalue weighted by Crippen LogP contribution is -2.32. The molecule has 0 spiro atoms. The molecule has 1 saturated heterocycles. The number of ether oxygens (including phenoxy) is 1. The number of aromatic nitrogens is 2. The van der Waals surface area contributed by atoms with Crippen LogP contribution in [0, 0.1) is 0 Å². The summed E-state index contributed by atoms with van der Waals surface area (Å²) < 4.78 is 8.09. The lowest BCUT2D eigenvalue weighted by molar-refractivity contribution is 0.438. The van der Waals surface area contributed by atoms with E-state index in [0.717, 1.165) is 64.0 Å². The van der Waals surface area contributed by atoms with Crippen LogP contribution in [0.4, 0.5) is 5.82 Å². The maximum Gasteiger partial charge on any atom is 0.228 e. The van der Waals surface area contributed by atoms with Crippen LogP contribution in [0.25, 0.3) is 11.4 Å². The summed E-state index contributed by atoms with van der Waals surface area (Å²) in [7, 11) is 0. The maximum atomic E-state index is 10.4. The normalized spacial score (nSPS) is 15.4. The fourth-order valence-corrected chi connectivity index (χ4v) is 4.72. The summed E-state index contributed by atoms with van der Waals surface area (Å²) >= 11 is 7.03. The number of fused-ring (bicyclic) bond motifs is 2. The number of piperidine rings is 1. The summed E-state index contributed by atoms with van der Waals surface area (Å²) in [5.41, 5.74) is 2.72. The number of nitrogens with zero attached hydrogens (tertiary/aromatic N) is 3. The van der Waals surface area contributed by atoms with Crippen molar-refractivity contribution in [2.45, 2.75) is 25.7 Å². The summed E-state index contributed by atoms with van der Waals surface area (Å²) in [5.74, 6) is 2.93. The van der Waals surface area contributed by atoms with Gasteiger partial charge in [0.05, 0.1) is 11.1 Å². The van der Waals surface area contributed by atoms with Gasteiger partial charge in [-0.25, -0.2) is 4.98 Å². The fourth-order valence-electron chi connectivity index (χ4n) is 3.95. The summed E-state index contributed by atoms with van der Waals surface area (Å²) in [6.07, 6.45) is 4.27. The first kappa shape index (κ1) is 18.9. The van der Waals surface area contributed by atoms with Gasteiger partial charge in [0, 0.05) is 34.0 Å². The van der Waals surface area contributed by atoms with Crippen LogP contribution in [0.5, 0.6) is 17.4 Å². The first-order chi connectivity index (χ1) is 14.1.